The molecule has 1 fully saturated rings. The quantitative estimate of drug-likeness (QED) is 0.553. The number of hydrogen-bond donors (Lipinski definition) is 3. The molecule has 0 bridgehead atoms. The van der Waals surface area contributed by atoms with Gasteiger partial charge in [-0.25, -0.2) is 4.39 Å². The van der Waals surface area contributed by atoms with Gasteiger partial charge in [0.15, 0.2) is 0 Å². The van der Waals surface area contributed by atoms with Crippen LogP contribution in [-0.2, 0) is 11.2 Å². The van der Waals surface area contributed by atoms with Crippen LogP contribution < -0.4 is 0 Å². The fourth-order valence-corrected chi connectivity index (χ4v) is 5.11. The monoisotopic (exact) mass is 442 g/mol. The van der Waals surface area contributed by atoms with Gasteiger partial charge in [-0.05, 0) is 53.4 Å². The van der Waals surface area contributed by atoms with E-state index in [0.29, 0.717) is 0 Å². The Morgan fingerprint density at radius 1 is 1.00 bits per heavy atom. The number of halogens is 1. The zero-order valence-corrected chi connectivity index (χ0v) is 18.3. The van der Waals surface area contributed by atoms with Crippen molar-refractivity contribution in [2.24, 2.45) is 5.92 Å². The van der Waals surface area contributed by atoms with Crippen molar-refractivity contribution in [1.82, 2.24) is 0 Å². The summed E-state index contributed by atoms with van der Waals surface area (Å²) in [6.45, 7) is 3.60. The number of aliphatic hydroxyl groups is 3. The predicted octanol–water partition coefficient (Wildman–Crippen LogP) is 4.24. The number of rotatable bonds is 5. The second-order valence-electron chi connectivity index (χ2n) is 8.25. The molecule has 0 saturated carbocycles. The molecule has 3 unspecified atom stereocenters. The van der Waals surface area contributed by atoms with Crippen LogP contribution in [0.2, 0.25) is 0 Å². The molecule has 3 N–H and O–H groups in total. The van der Waals surface area contributed by atoms with Crippen LogP contribution in [0.25, 0.3) is 10.4 Å². The van der Waals surface area contributed by atoms with Gasteiger partial charge < -0.3 is 20.1 Å². The molecule has 0 aliphatic carbocycles. The standard InChI is InChI=1S/C25H27FO4S/c1-14-3-4-17(25-24(29)23(28)15(2)21(13-27)30-25)11-18(14)12-20-9-10-22(31-20)16-5-7-19(26)8-6-16/h3-11,15,21,23-25,27-29H,12-13H2,1-2H3/t15-,21?,23?,24-,25?/m1/s1. The van der Waals surface area contributed by atoms with E-state index in [-0.39, 0.29) is 18.3 Å². The van der Waals surface area contributed by atoms with Crippen LogP contribution in [0, 0.1) is 18.7 Å². The van der Waals surface area contributed by atoms with Gasteiger partial charge in [-0.2, -0.15) is 0 Å². The number of aryl methyl sites for hydroxylation is 1. The Kier molecular flexibility index (Phi) is 6.55. The number of ether oxygens (including phenoxy) is 1. The minimum Gasteiger partial charge on any atom is -0.394 e. The fraction of sp³-hybridized carbons (Fsp3) is 0.360. The van der Waals surface area contributed by atoms with Crippen LogP contribution in [0.3, 0.4) is 0 Å². The molecule has 0 spiro atoms. The van der Waals surface area contributed by atoms with Crippen LogP contribution in [0.5, 0.6) is 0 Å². The highest BCUT2D eigenvalue weighted by atomic mass is 32.1. The summed E-state index contributed by atoms with van der Waals surface area (Å²) >= 11 is 1.67. The van der Waals surface area contributed by atoms with Crippen molar-refractivity contribution in [2.45, 2.75) is 44.7 Å². The van der Waals surface area contributed by atoms with Crippen molar-refractivity contribution in [3.05, 3.63) is 82.0 Å². The van der Waals surface area contributed by atoms with Crippen LogP contribution in [0.1, 0.15) is 34.6 Å². The number of thiophene rings is 1. The molecular formula is C25H27FO4S. The van der Waals surface area contributed by atoms with Gasteiger partial charge in [-0.1, -0.05) is 37.3 Å². The third-order valence-corrected chi connectivity index (χ3v) is 7.28. The largest absolute Gasteiger partial charge is 0.394 e. The van der Waals surface area contributed by atoms with Gasteiger partial charge in [-0.15, -0.1) is 11.3 Å². The summed E-state index contributed by atoms with van der Waals surface area (Å²) in [6.07, 6.45) is -2.52. The minimum atomic E-state index is -1.06. The highest BCUT2D eigenvalue weighted by molar-refractivity contribution is 7.15. The topological polar surface area (TPSA) is 69.9 Å². The van der Waals surface area contributed by atoms with Gasteiger partial charge in [0.2, 0.25) is 0 Å². The Balaban J connectivity index is 1.57. The third-order valence-electron chi connectivity index (χ3n) is 6.14. The second kappa shape index (κ2) is 9.18. The van der Waals surface area contributed by atoms with Crippen LogP contribution in [0.15, 0.2) is 54.6 Å². The molecular weight excluding hydrogens is 415 g/mol. The number of hydrogen-bond acceptors (Lipinski definition) is 5. The first-order chi connectivity index (χ1) is 14.9. The Bertz CT molecular complexity index is 1030. The van der Waals surface area contributed by atoms with Crippen molar-refractivity contribution in [2.75, 3.05) is 6.61 Å². The Labute approximate surface area is 185 Å². The SMILES string of the molecule is Cc1ccc(C2OC(CO)[C@@H](C)C(O)[C@H]2O)cc1Cc1ccc(-c2ccc(F)cc2)s1. The summed E-state index contributed by atoms with van der Waals surface area (Å²) in [5, 5.41) is 30.6. The van der Waals surface area contributed by atoms with E-state index in [0.717, 1.165) is 33.6 Å². The Morgan fingerprint density at radius 3 is 2.45 bits per heavy atom. The third kappa shape index (κ3) is 4.59. The van der Waals surface area contributed by atoms with E-state index in [2.05, 4.69) is 6.07 Å². The molecule has 1 aromatic heterocycles. The van der Waals surface area contributed by atoms with Gasteiger partial charge in [0.1, 0.15) is 18.0 Å². The Hall–Kier alpha value is -2.09. The van der Waals surface area contributed by atoms with Gasteiger partial charge >= 0.3 is 0 Å². The molecule has 4 nitrogen and oxygen atoms in total. The van der Waals surface area contributed by atoms with Crippen LogP contribution in [0.4, 0.5) is 4.39 Å². The van der Waals surface area contributed by atoms with E-state index in [9.17, 15) is 19.7 Å². The molecule has 5 atom stereocenters. The van der Waals surface area contributed by atoms with E-state index in [1.807, 2.05) is 31.2 Å². The molecule has 3 aromatic rings. The lowest BCUT2D eigenvalue weighted by molar-refractivity contribution is -0.207. The van der Waals surface area contributed by atoms with Gasteiger partial charge in [0.05, 0.1) is 18.8 Å². The van der Waals surface area contributed by atoms with Crippen molar-refractivity contribution in [3.63, 3.8) is 0 Å². The summed E-state index contributed by atoms with van der Waals surface area (Å²) < 4.78 is 19.1. The van der Waals surface area contributed by atoms with Gasteiger partial charge in [-0.3, -0.25) is 0 Å². The maximum absolute atomic E-state index is 13.2. The zero-order chi connectivity index (χ0) is 22.1. The molecule has 0 radical (unpaired) electrons. The van der Waals surface area contributed by atoms with E-state index in [1.165, 1.54) is 17.0 Å². The number of aliphatic hydroxyl groups excluding tert-OH is 3. The first-order valence-corrected chi connectivity index (χ1v) is 11.3. The summed E-state index contributed by atoms with van der Waals surface area (Å²) in [4.78, 5) is 2.25. The zero-order valence-electron chi connectivity index (χ0n) is 17.5. The molecule has 1 aliphatic heterocycles. The van der Waals surface area contributed by atoms with E-state index in [1.54, 1.807) is 30.4 Å². The molecule has 2 heterocycles. The molecule has 31 heavy (non-hydrogen) atoms. The van der Waals surface area contributed by atoms with Crippen LogP contribution >= 0.6 is 11.3 Å². The Morgan fingerprint density at radius 2 is 1.74 bits per heavy atom. The highest BCUT2D eigenvalue weighted by Gasteiger charge is 2.42. The summed E-state index contributed by atoms with van der Waals surface area (Å²) in [5.74, 6) is -0.597. The minimum absolute atomic E-state index is 0.207. The summed E-state index contributed by atoms with van der Waals surface area (Å²) in [5.41, 5.74) is 4.00. The molecule has 2 aromatic carbocycles. The maximum Gasteiger partial charge on any atom is 0.123 e. The predicted molar refractivity (Wildman–Crippen MR) is 120 cm³/mol. The van der Waals surface area contributed by atoms with Crippen molar-refractivity contribution < 1.29 is 24.4 Å². The lowest BCUT2D eigenvalue weighted by Gasteiger charge is -2.41. The second-order valence-corrected chi connectivity index (χ2v) is 9.42. The van der Waals surface area contributed by atoms with E-state index in [4.69, 9.17) is 4.74 Å². The smallest absolute Gasteiger partial charge is 0.123 e. The lowest BCUT2D eigenvalue weighted by Crippen LogP contribution is -2.50. The van der Waals surface area contributed by atoms with E-state index >= 15 is 0 Å². The van der Waals surface area contributed by atoms with Crippen molar-refractivity contribution in [1.29, 1.82) is 0 Å². The first kappa shape index (κ1) is 22.1. The van der Waals surface area contributed by atoms with Crippen LogP contribution in [-0.4, -0.2) is 40.2 Å². The first-order valence-electron chi connectivity index (χ1n) is 10.4. The average Bonchev–Trinajstić information content (AvgIpc) is 3.23. The van der Waals surface area contributed by atoms with Crippen molar-refractivity contribution in [3.8, 4) is 10.4 Å². The molecule has 0 amide bonds. The highest BCUT2D eigenvalue weighted by Crippen LogP contribution is 2.36. The average molecular weight is 443 g/mol. The molecule has 6 heteroatoms. The van der Waals surface area contributed by atoms with E-state index < -0.39 is 24.4 Å². The molecule has 1 saturated heterocycles. The number of benzene rings is 2. The maximum atomic E-state index is 13.2. The molecule has 1 aliphatic rings. The summed E-state index contributed by atoms with van der Waals surface area (Å²) in [7, 11) is 0. The molecule has 4 rings (SSSR count). The normalized spacial score (nSPS) is 26.2. The van der Waals surface area contributed by atoms with Crippen molar-refractivity contribution >= 4 is 11.3 Å². The van der Waals surface area contributed by atoms with Gasteiger partial charge in [0.25, 0.3) is 0 Å². The van der Waals surface area contributed by atoms with Gasteiger partial charge in [0, 0.05) is 22.1 Å². The summed E-state index contributed by atoms with van der Waals surface area (Å²) in [6, 6.07) is 16.5. The fourth-order valence-electron chi connectivity index (χ4n) is 4.08. The molecule has 164 valence electrons. The lowest BCUT2D eigenvalue weighted by atomic mass is 9.85.